The highest BCUT2D eigenvalue weighted by atomic mass is 35.5. The SMILES string of the molecule is O=S(=O)(Cc1ccccc1Cl)NCC1CCN(C2CCSC2)CC1. The Kier molecular flexibility index (Phi) is 6.49. The summed E-state index contributed by atoms with van der Waals surface area (Å²) in [5.41, 5.74) is 0.653. The van der Waals surface area contributed by atoms with Gasteiger partial charge in [0.05, 0.1) is 5.75 Å². The first-order valence-corrected chi connectivity index (χ1v) is 11.7. The van der Waals surface area contributed by atoms with Crippen LogP contribution >= 0.6 is 23.4 Å². The van der Waals surface area contributed by atoms with E-state index < -0.39 is 10.0 Å². The van der Waals surface area contributed by atoms with Crippen molar-refractivity contribution >= 4 is 33.4 Å². The van der Waals surface area contributed by atoms with E-state index in [1.54, 1.807) is 12.1 Å². The van der Waals surface area contributed by atoms with Crippen molar-refractivity contribution in [3.63, 3.8) is 0 Å². The van der Waals surface area contributed by atoms with Gasteiger partial charge in [-0.15, -0.1) is 0 Å². The Bertz CT molecular complexity index is 640. The molecule has 1 unspecified atom stereocenters. The second kappa shape index (κ2) is 8.41. The van der Waals surface area contributed by atoms with Gasteiger partial charge >= 0.3 is 0 Å². The van der Waals surface area contributed by atoms with Gasteiger partial charge in [-0.25, -0.2) is 13.1 Å². The number of nitrogens with one attached hydrogen (secondary N) is 1. The predicted octanol–water partition coefficient (Wildman–Crippen LogP) is 2.98. The highest BCUT2D eigenvalue weighted by Gasteiger charge is 2.28. The second-order valence-electron chi connectivity index (χ2n) is 6.70. The van der Waals surface area contributed by atoms with Crippen molar-refractivity contribution in [3.8, 4) is 0 Å². The number of likely N-dealkylation sites (tertiary alicyclic amines) is 1. The van der Waals surface area contributed by atoms with Gasteiger partial charge < -0.3 is 0 Å². The Morgan fingerprint density at radius 3 is 2.62 bits per heavy atom. The molecule has 2 aliphatic heterocycles. The van der Waals surface area contributed by atoms with Crippen molar-refractivity contribution in [3.05, 3.63) is 34.9 Å². The van der Waals surface area contributed by atoms with Crippen molar-refractivity contribution in [1.82, 2.24) is 9.62 Å². The average Bonchev–Trinajstić information content (AvgIpc) is 3.10. The summed E-state index contributed by atoms with van der Waals surface area (Å²) >= 11 is 8.11. The van der Waals surface area contributed by atoms with Crippen LogP contribution in [0.25, 0.3) is 0 Å². The van der Waals surface area contributed by atoms with Crippen molar-refractivity contribution in [2.75, 3.05) is 31.1 Å². The summed E-state index contributed by atoms with van der Waals surface area (Å²) in [4.78, 5) is 2.59. The molecule has 1 aromatic rings. The van der Waals surface area contributed by atoms with Crippen molar-refractivity contribution in [1.29, 1.82) is 0 Å². The van der Waals surface area contributed by atoms with Crippen molar-refractivity contribution < 1.29 is 8.42 Å². The van der Waals surface area contributed by atoms with Crippen LogP contribution in [-0.4, -0.2) is 50.5 Å². The monoisotopic (exact) mass is 388 g/mol. The molecule has 1 atom stereocenters. The molecule has 0 spiro atoms. The third-order valence-electron chi connectivity index (χ3n) is 4.97. The zero-order valence-corrected chi connectivity index (χ0v) is 16.2. The lowest BCUT2D eigenvalue weighted by Gasteiger charge is -2.35. The lowest BCUT2D eigenvalue weighted by Crippen LogP contribution is -2.43. The molecule has 2 saturated heterocycles. The average molecular weight is 389 g/mol. The van der Waals surface area contributed by atoms with Gasteiger partial charge in [-0.3, -0.25) is 4.90 Å². The molecule has 0 saturated carbocycles. The van der Waals surface area contributed by atoms with E-state index in [0.717, 1.165) is 32.0 Å². The van der Waals surface area contributed by atoms with Crippen LogP contribution < -0.4 is 4.72 Å². The minimum absolute atomic E-state index is 0.0508. The number of sulfonamides is 1. The molecule has 0 aromatic heterocycles. The van der Waals surface area contributed by atoms with E-state index in [4.69, 9.17) is 11.6 Å². The number of halogens is 1. The van der Waals surface area contributed by atoms with Gasteiger partial charge in [0.1, 0.15) is 0 Å². The molecule has 1 N–H and O–H groups in total. The lowest BCUT2D eigenvalue weighted by molar-refractivity contribution is 0.145. The number of rotatable bonds is 6. The van der Waals surface area contributed by atoms with Gasteiger partial charge in [0.15, 0.2) is 0 Å². The molecule has 24 heavy (non-hydrogen) atoms. The quantitative estimate of drug-likeness (QED) is 0.813. The number of benzene rings is 1. The minimum Gasteiger partial charge on any atom is -0.300 e. The molecule has 1 aromatic carbocycles. The standard InChI is InChI=1S/C17H25ClN2O2S2/c18-17-4-2-1-3-15(17)13-24(21,22)19-11-14-5-8-20(9-6-14)16-7-10-23-12-16/h1-4,14,16,19H,5-13H2. The van der Waals surface area contributed by atoms with Crippen LogP contribution in [0.1, 0.15) is 24.8 Å². The van der Waals surface area contributed by atoms with Crippen LogP contribution in [0, 0.1) is 5.92 Å². The Labute approximate surface area is 154 Å². The predicted molar refractivity (Wildman–Crippen MR) is 102 cm³/mol. The van der Waals surface area contributed by atoms with Gasteiger partial charge in [-0.2, -0.15) is 11.8 Å². The third kappa shape index (κ3) is 5.11. The van der Waals surface area contributed by atoms with E-state index in [9.17, 15) is 8.42 Å². The zero-order chi connectivity index (χ0) is 17.0. The van der Waals surface area contributed by atoms with E-state index in [1.807, 2.05) is 23.9 Å². The van der Waals surface area contributed by atoms with Crippen molar-refractivity contribution in [2.45, 2.75) is 31.1 Å². The first kappa shape index (κ1) is 18.5. The fraction of sp³-hybridized carbons (Fsp3) is 0.647. The van der Waals surface area contributed by atoms with Gasteiger partial charge in [0, 0.05) is 23.4 Å². The van der Waals surface area contributed by atoms with E-state index in [2.05, 4.69) is 9.62 Å². The van der Waals surface area contributed by atoms with Crippen LogP contribution in [0.2, 0.25) is 5.02 Å². The van der Waals surface area contributed by atoms with Gasteiger partial charge in [-0.05, 0) is 55.7 Å². The maximum absolute atomic E-state index is 12.3. The molecule has 0 amide bonds. The normalized spacial score (nSPS) is 23.6. The minimum atomic E-state index is -3.34. The zero-order valence-electron chi connectivity index (χ0n) is 13.8. The first-order valence-electron chi connectivity index (χ1n) is 8.56. The summed E-state index contributed by atoms with van der Waals surface area (Å²) < 4.78 is 27.4. The molecular formula is C17H25ClN2O2S2. The summed E-state index contributed by atoms with van der Waals surface area (Å²) in [6.45, 7) is 2.74. The molecule has 0 aliphatic carbocycles. The molecule has 2 aliphatic rings. The summed E-state index contributed by atoms with van der Waals surface area (Å²) in [7, 11) is -3.34. The van der Waals surface area contributed by atoms with Crippen LogP contribution in [0.4, 0.5) is 0 Å². The van der Waals surface area contributed by atoms with E-state index in [1.165, 1.54) is 17.9 Å². The van der Waals surface area contributed by atoms with Crippen LogP contribution in [0.3, 0.4) is 0 Å². The summed E-state index contributed by atoms with van der Waals surface area (Å²) in [6.07, 6.45) is 3.46. The highest BCUT2D eigenvalue weighted by Crippen LogP contribution is 2.26. The Hall–Kier alpha value is -0.270. The van der Waals surface area contributed by atoms with E-state index in [0.29, 0.717) is 23.0 Å². The Balaban J connectivity index is 1.45. The number of hydrogen-bond donors (Lipinski definition) is 1. The third-order valence-corrected chi connectivity index (χ3v) is 7.78. The summed E-state index contributed by atoms with van der Waals surface area (Å²) in [5, 5.41) is 0.505. The van der Waals surface area contributed by atoms with E-state index >= 15 is 0 Å². The Morgan fingerprint density at radius 1 is 1.21 bits per heavy atom. The van der Waals surface area contributed by atoms with Crippen molar-refractivity contribution in [2.24, 2.45) is 5.92 Å². The highest BCUT2D eigenvalue weighted by molar-refractivity contribution is 7.99. The molecule has 3 rings (SSSR count). The van der Waals surface area contributed by atoms with E-state index in [-0.39, 0.29) is 5.75 Å². The molecule has 7 heteroatoms. The molecule has 134 valence electrons. The molecule has 0 bridgehead atoms. The van der Waals surface area contributed by atoms with Gasteiger partial charge in [-0.1, -0.05) is 29.8 Å². The largest absolute Gasteiger partial charge is 0.300 e. The summed E-state index contributed by atoms with van der Waals surface area (Å²) in [6, 6.07) is 7.85. The maximum atomic E-state index is 12.3. The molecule has 2 fully saturated rings. The lowest BCUT2D eigenvalue weighted by atomic mass is 9.96. The number of nitrogens with zero attached hydrogens (tertiary/aromatic N) is 1. The fourth-order valence-corrected chi connectivity index (χ4v) is 6.24. The second-order valence-corrected chi connectivity index (χ2v) is 10.1. The number of hydrogen-bond acceptors (Lipinski definition) is 4. The maximum Gasteiger partial charge on any atom is 0.215 e. The number of thioether (sulfide) groups is 1. The number of piperidine rings is 1. The Morgan fingerprint density at radius 2 is 1.96 bits per heavy atom. The topological polar surface area (TPSA) is 49.4 Å². The molecule has 4 nitrogen and oxygen atoms in total. The van der Waals surface area contributed by atoms with Crippen LogP contribution in [0.15, 0.2) is 24.3 Å². The van der Waals surface area contributed by atoms with Gasteiger partial charge in [0.2, 0.25) is 10.0 Å². The molecule has 0 radical (unpaired) electrons. The first-order chi connectivity index (χ1) is 11.5. The molecular weight excluding hydrogens is 364 g/mol. The fourth-order valence-electron chi connectivity index (χ4n) is 3.45. The smallest absolute Gasteiger partial charge is 0.215 e. The van der Waals surface area contributed by atoms with Crippen LogP contribution in [0.5, 0.6) is 0 Å². The van der Waals surface area contributed by atoms with Gasteiger partial charge in [0.25, 0.3) is 0 Å². The molecule has 2 heterocycles. The van der Waals surface area contributed by atoms with Crippen LogP contribution in [-0.2, 0) is 15.8 Å². The summed E-state index contributed by atoms with van der Waals surface area (Å²) in [5.74, 6) is 2.93.